The number of carbonyl (C=O) groups excluding carboxylic acids is 1. The number of anilines is 2. The summed E-state index contributed by atoms with van der Waals surface area (Å²) in [5, 5.41) is 21.9. The van der Waals surface area contributed by atoms with Gasteiger partial charge in [0.2, 0.25) is 5.91 Å². The van der Waals surface area contributed by atoms with Crippen molar-refractivity contribution in [3.8, 4) is 28.1 Å². The van der Waals surface area contributed by atoms with Crippen LogP contribution in [0.25, 0.3) is 22.4 Å². The Morgan fingerprint density at radius 3 is 2.53 bits per heavy atom. The van der Waals surface area contributed by atoms with Gasteiger partial charge in [0.15, 0.2) is 11.6 Å². The number of rotatable bonds is 14. The van der Waals surface area contributed by atoms with Crippen molar-refractivity contribution < 1.29 is 27.8 Å². The van der Waals surface area contributed by atoms with Crippen molar-refractivity contribution in [2.24, 2.45) is 0 Å². The minimum Gasteiger partial charge on any atom is -0.434 e. The van der Waals surface area contributed by atoms with E-state index in [1.807, 2.05) is 0 Å². The van der Waals surface area contributed by atoms with Crippen molar-refractivity contribution >= 4 is 40.6 Å². The molecule has 2 unspecified atom stereocenters. The average molecular weight is 690 g/mol. The van der Waals surface area contributed by atoms with Crippen molar-refractivity contribution in [3.63, 3.8) is 0 Å². The van der Waals surface area contributed by atoms with E-state index in [2.05, 4.69) is 31.2 Å². The number of aliphatic hydroxyl groups excluding tert-OH is 1. The molecule has 0 radical (unpaired) electrons. The predicted octanol–water partition coefficient (Wildman–Crippen LogP) is 6.44. The number of alkyl halides is 2. The van der Waals surface area contributed by atoms with Crippen LogP contribution in [0.15, 0.2) is 60.9 Å². The summed E-state index contributed by atoms with van der Waals surface area (Å²) >= 11 is 13.7. The number of pyridine rings is 2. The number of aliphatic hydroxyl groups is 1. The van der Waals surface area contributed by atoms with Gasteiger partial charge in [-0.3, -0.25) is 9.78 Å². The molecule has 14 heteroatoms. The minimum atomic E-state index is -3.05. The molecule has 1 aliphatic heterocycles. The van der Waals surface area contributed by atoms with E-state index in [1.54, 1.807) is 49.4 Å². The molecule has 5 N–H and O–H groups in total. The monoisotopic (exact) mass is 688 g/mol. The van der Waals surface area contributed by atoms with Gasteiger partial charge in [0, 0.05) is 78.9 Å². The molecule has 2 atom stereocenters. The fraction of sp³-hybridized carbons (Fsp3) is 0.303. The molecule has 1 aliphatic rings. The maximum Gasteiger partial charge on any atom is 0.387 e. The van der Waals surface area contributed by atoms with Crippen LogP contribution < -0.4 is 26.0 Å². The maximum atomic E-state index is 15.3. The topological polar surface area (TPSA) is 120 Å². The van der Waals surface area contributed by atoms with E-state index in [9.17, 15) is 18.7 Å². The lowest BCUT2D eigenvalue weighted by Gasteiger charge is -2.17. The van der Waals surface area contributed by atoms with Gasteiger partial charge in [-0.2, -0.15) is 8.78 Å². The smallest absolute Gasteiger partial charge is 0.387 e. The molecule has 248 valence electrons. The highest BCUT2D eigenvalue weighted by molar-refractivity contribution is 6.39. The second kappa shape index (κ2) is 15.8. The first-order valence-electron chi connectivity index (χ1n) is 14.9. The van der Waals surface area contributed by atoms with Gasteiger partial charge in [-0.05, 0) is 37.6 Å². The zero-order valence-corrected chi connectivity index (χ0v) is 26.8. The number of amides is 1. The van der Waals surface area contributed by atoms with Gasteiger partial charge in [0.1, 0.15) is 5.75 Å². The van der Waals surface area contributed by atoms with Crippen molar-refractivity contribution in [1.82, 2.24) is 25.9 Å². The maximum absolute atomic E-state index is 15.3. The highest BCUT2D eigenvalue weighted by atomic mass is 35.5. The Morgan fingerprint density at radius 2 is 1.79 bits per heavy atom. The molecule has 0 bridgehead atoms. The van der Waals surface area contributed by atoms with Crippen LogP contribution in [0, 0.1) is 5.82 Å². The predicted molar refractivity (Wildman–Crippen MR) is 175 cm³/mol. The quantitative estimate of drug-likeness (QED) is 0.103. The van der Waals surface area contributed by atoms with Crippen LogP contribution in [0.5, 0.6) is 5.75 Å². The molecule has 3 heterocycles. The summed E-state index contributed by atoms with van der Waals surface area (Å²) < 4.78 is 46.9. The van der Waals surface area contributed by atoms with Crippen LogP contribution in [0.1, 0.15) is 30.9 Å². The standard InChI is InChI=1S/C33H33Cl2F3N6O3/c1-18(45)14-39-16-21-9-11-42-32(30(21)36)44-25-4-2-3-23(28(25)34)24-10-12-41-31(29(24)35)19-5-6-20(26(13-19)47-33(37)38)15-40-17-22-7-8-27(46)43-22/h2-6,9-13,18,22,33,39-40,45H,7-8,14-17H2,1H3,(H,42,44)(H,43,46). The molecule has 4 aromatic rings. The number of benzene rings is 2. The first-order chi connectivity index (χ1) is 22.6. The van der Waals surface area contributed by atoms with E-state index in [1.165, 1.54) is 18.5 Å². The van der Waals surface area contributed by atoms with Crippen molar-refractivity contribution in [3.05, 3.63) is 87.9 Å². The van der Waals surface area contributed by atoms with Crippen LogP contribution in [0.4, 0.5) is 24.7 Å². The summed E-state index contributed by atoms with van der Waals surface area (Å²) in [6, 6.07) is 13.2. The molecule has 1 amide bonds. The van der Waals surface area contributed by atoms with Crippen molar-refractivity contribution in [2.45, 2.75) is 51.6 Å². The van der Waals surface area contributed by atoms with Crippen LogP contribution >= 0.6 is 23.2 Å². The van der Waals surface area contributed by atoms with Gasteiger partial charge < -0.3 is 31.1 Å². The van der Waals surface area contributed by atoms with E-state index in [0.29, 0.717) is 65.1 Å². The zero-order chi connectivity index (χ0) is 33.5. The summed E-state index contributed by atoms with van der Waals surface area (Å²) in [7, 11) is 0. The molecule has 2 aromatic heterocycles. The van der Waals surface area contributed by atoms with Crippen LogP contribution in [-0.4, -0.2) is 52.8 Å². The molecular weight excluding hydrogens is 656 g/mol. The summed E-state index contributed by atoms with van der Waals surface area (Å²) in [5.74, 6) is -0.642. The third-order valence-corrected chi connectivity index (χ3v) is 8.29. The molecule has 47 heavy (non-hydrogen) atoms. The summed E-state index contributed by atoms with van der Waals surface area (Å²) in [6.45, 7) is -0.201. The van der Waals surface area contributed by atoms with E-state index in [-0.39, 0.29) is 46.7 Å². The highest BCUT2D eigenvalue weighted by Crippen LogP contribution is 2.42. The number of halogens is 5. The summed E-state index contributed by atoms with van der Waals surface area (Å²) in [4.78, 5) is 20.0. The molecule has 9 nitrogen and oxygen atoms in total. The second-order valence-electron chi connectivity index (χ2n) is 11.1. The van der Waals surface area contributed by atoms with Gasteiger partial charge in [-0.15, -0.1) is 0 Å². The lowest BCUT2D eigenvalue weighted by atomic mass is 10.0. The highest BCUT2D eigenvalue weighted by Gasteiger charge is 2.21. The number of aromatic nitrogens is 2. The van der Waals surface area contributed by atoms with E-state index < -0.39 is 18.5 Å². The van der Waals surface area contributed by atoms with Crippen molar-refractivity contribution in [2.75, 3.05) is 18.4 Å². The Kier molecular flexibility index (Phi) is 11.5. The van der Waals surface area contributed by atoms with E-state index in [4.69, 9.17) is 27.9 Å². The number of hydrogen-bond donors (Lipinski definition) is 5. The molecule has 2 aromatic carbocycles. The molecular formula is C33H33Cl2F3N6O3. The Hall–Kier alpha value is -3.94. The Bertz CT molecular complexity index is 1730. The van der Waals surface area contributed by atoms with Crippen LogP contribution in [0.2, 0.25) is 10.0 Å². The van der Waals surface area contributed by atoms with Crippen LogP contribution in [0.3, 0.4) is 0 Å². The van der Waals surface area contributed by atoms with E-state index in [0.717, 1.165) is 0 Å². The second-order valence-corrected chi connectivity index (χ2v) is 11.8. The zero-order valence-electron chi connectivity index (χ0n) is 25.3. The lowest BCUT2D eigenvalue weighted by molar-refractivity contribution is -0.119. The van der Waals surface area contributed by atoms with Gasteiger partial charge in [-0.1, -0.05) is 47.5 Å². The van der Waals surface area contributed by atoms with E-state index >= 15 is 4.39 Å². The third-order valence-electron chi connectivity index (χ3n) is 7.50. The number of nitrogens with one attached hydrogen (secondary N) is 4. The minimum absolute atomic E-state index is 0.00629. The first-order valence-corrected chi connectivity index (χ1v) is 15.7. The summed E-state index contributed by atoms with van der Waals surface area (Å²) in [5.41, 5.74) is 3.02. The molecule has 1 fully saturated rings. The van der Waals surface area contributed by atoms with Gasteiger partial charge in [0.05, 0.1) is 27.5 Å². The molecule has 5 rings (SSSR count). The first kappa shape index (κ1) is 34.4. The van der Waals surface area contributed by atoms with Gasteiger partial charge >= 0.3 is 6.61 Å². The SMILES string of the molecule is CC(O)CNCc1ccnc(Nc2cccc(-c3ccnc(-c4ccc(CNCC5CCC(=O)N5)c(OC(F)F)c4)c3Cl)c2Cl)c1F. The molecule has 0 spiro atoms. The van der Waals surface area contributed by atoms with Gasteiger partial charge in [-0.25, -0.2) is 9.37 Å². The third kappa shape index (κ3) is 8.70. The van der Waals surface area contributed by atoms with Crippen LogP contribution in [-0.2, 0) is 17.9 Å². The molecule has 0 aliphatic carbocycles. The molecule has 1 saturated heterocycles. The number of hydrogen-bond acceptors (Lipinski definition) is 8. The Balaban J connectivity index is 1.38. The largest absolute Gasteiger partial charge is 0.434 e. The Labute approximate surface area is 279 Å². The molecule has 0 saturated carbocycles. The average Bonchev–Trinajstić information content (AvgIpc) is 3.45. The van der Waals surface area contributed by atoms with Crippen molar-refractivity contribution in [1.29, 1.82) is 0 Å². The fourth-order valence-corrected chi connectivity index (χ4v) is 5.80. The number of carbonyl (C=O) groups is 1. The number of ether oxygens (including phenoxy) is 1. The van der Waals surface area contributed by atoms with Gasteiger partial charge in [0.25, 0.3) is 0 Å². The Morgan fingerprint density at radius 1 is 1.02 bits per heavy atom. The lowest BCUT2D eigenvalue weighted by Crippen LogP contribution is -2.35. The fourth-order valence-electron chi connectivity index (χ4n) is 5.21. The summed E-state index contributed by atoms with van der Waals surface area (Å²) in [6.07, 6.45) is 3.59. The normalized spacial score (nSPS) is 15.1. The number of nitrogens with zero attached hydrogens (tertiary/aromatic N) is 2.